The Labute approximate surface area is 127 Å². The first-order valence-corrected chi connectivity index (χ1v) is 6.26. The Balaban J connectivity index is 3.63. The fourth-order valence-electron chi connectivity index (χ4n) is 1.94. The fourth-order valence-corrected chi connectivity index (χ4v) is 1.94. The predicted octanol–water partition coefficient (Wildman–Crippen LogP) is 3.38. The molecule has 1 rings (SSSR count). The highest BCUT2D eigenvalue weighted by atomic mass is 19.4. The summed E-state index contributed by atoms with van der Waals surface area (Å²) in [7, 11) is 0. The molecule has 0 bridgehead atoms. The van der Waals surface area contributed by atoms with Crippen molar-refractivity contribution < 1.29 is 41.4 Å². The van der Waals surface area contributed by atoms with Gasteiger partial charge in [0.2, 0.25) is 0 Å². The summed E-state index contributed by atoms with van der Waals surface area (Å²) in [6.45, 7) is -0.381. The maximum Gasteiger partial charge on any atom is 0.434 e. The predicted molar refractivity (Wildman–Crippen MR) is 66.2 cm³/mol. The molecule has 23 heavy (non-hydrogen) atoms. The Morgan fingerprint density at radius 2 is 1.87 bits per heavy atom. The second-order valence-corrected chi connectivity index (χ2v) is 4.94. The van der Waals surface area contributed by atoms with Crippen LogP contribution >= 0.6 is 0 Å². The van der Waals surface area contributed by atoms with E-state index in [-0.39, 0.29) is 12.3 Å². The molecular formula is C13H12F5NO4. The number of carboxylic acids is 1. The number of rotatable bonds is 5. The number of carbonyl (C=O) groups excluding carboxylic acids is 1. The van der Waals surface area contributed by atoms with E-state index < -0.39 is 47.1 Å². The van der Waals surface area contributed by atoms with Gasteiger partial charge in [-0.1, -0.05) is 13.8 Å². The molecule has 0 saturated carbocycles. The fraction of sp³-hybridized carbons (Fsp3) is 0.462. The van der Waals surface area contributed by atoms with Gasteiger partial charge in [0, 0.05) is 6.20 Å². The van der Waals surface area contributed by atoms with Crippen molar-refractivity contribution in [2.45, 2.75) is 33.1 Å². The Hall–Kier alpha value is -2.26. The number of carboxylic acid groups (broad SMARTS) is 1. The van der Waals surface area contributed by atoms with Gasteiger partial charge >= 0.3 is 24.7 Å². The third kappa shape index (κ3) is 4.60. The lowest BCUT2D eigenvalue weighted by Crippen LogP contribution is -2.22. The number of halogens is 5. The molecule has 1 aromatic heterocycles. The Morgan fingerprint density at radius 1 is 1.30 bits per heavy atom. The molecule has 0 fully saturated rings. The number of hydrogen-bond donors (Lipinski definition) is 1. The molecule has 1 aromatic rings. The van der Waals surface area contributed by atoms with Gasteiger partial charge in [0.25, 0.3) is 0 Å². The van der Waals surface area contributed by atoms with Crippen LogP contribution in [0.25, 0.3) is 0 Å². The van der Waals surface area contributed by atoms with E-state index in [1.807, 2.05) is 0 Å². The summed E-state index contributed by atoms with van der Waals surface area (Å²) in [4.78, 5) is 25.7. The molecule has 0 aliphatic rings. The number of ether oxygens (including phenoxy) is 1. The van der Waals surface area contributed by atoms with Crippen LogP contribution < -0.4 is 0 Å². The van der Waals surface area contributed by atoms with Crippen molar-refractivity contribution in [3.8, 4) is 0 Å². The number of carbonyl (C=O) groups is 2. The molecule has 0 unspecified atom stereocenters. The van der Waals surface area contributed by atoms with E-state index in [1.54, 1.807) is 13.8 Å². The van der Waals surface area contributed by atoms with Gasteiger partial charge in [0.05, 0.1) is 11.1 Å². The zero-order valence-corrected chi connectivity index (χ0v) is 11.9. The lowest BCUT2D eigenvalue weighted by molar-refractivity contribution is -0.141. The number of pyridine rings is 1. The van der Waals surface area contributed by atoms with Crippen molar-refractivity contribution in [3.05, 3.63) is 28.6 Å². The zero-order chi connectivity index (χ0) is 17.9. The number of nitrogens with zero attached hydrogens (tertiary/aromatic N) is 1. The smallest absolute Gasteiger partial charge is 0.434 e. The van der Waals surface area contributed by atoms with Gasteiger partial charge in [-0.05, 0) is 17.9 Å². The molecule has 1 heterocycles. The van der Waals surface area contributed by atoms with Crippen LogP contribution in [0.1, 0.15) is 45.8 Å². The van der Waals surface area contributed by atoms with Crippen molar-refractivity contribution in [2.24, 2.45) is 5.92 Å². The Bertz CT molecular complexity index is 613. The highest BCUT2D eigenvalue weighted by Crippen LogP contribution is 2.34. The summed E-state index contributed by atoms with van der Waals surface area (Å²) >= 11 is 0. The van der Waals surface area contributed by atoms with E-state index in [9.17, 15) is 31.5 Å². The van der Waals surface area contributed by atoms with Crippen LogP contribution in [-0.4, -0.2) is 28.6 Å². The molecule has 0 aromatic carbocycles. The van der Waals surface area contributed by atoms with Crippen molar-refractivity contribution >= 4 is 11.9 Å². The minimum Gasteiger partial charge on any atom is -0.478 e. The normalized spacial score (nSPS) is 11.9. The van der Waals surface area contributed by atoms with Crippen LogP contribution in [0.2, 0.25) is 0 Å². The number of esters is 1. The highest BCUT2D eigenvalue weighted by molar-refractivity contribution is 5.98. The summed E-state index contributed by atoms with van der Waals surface area (Å²) in [6.07, 6.45) is -4.94. The van der Waals surface area contributed by atoms with Gasteiger partial charge < -0.3 is 9.84 Å². The standard InChI is InChI=1S/C13H12F5NO4/c1-5(2)3-6-7(11(22)23-12(14)15)4-19-9(13(16,17)18)8(6)10(20)21/h4-5,12H,3H2,1-2H3,(H,20,21). The number of aromatic nitrogens is 1. The molecule has 10 heteroatoms. The first-order valence-electron chi connectivity index (χ1n) is 6.26. The van der Waals surface area contributed by atoms with Crippen molar-refractivity contribution in [3.63, 3.8) is 0 Å². The molecule has 128 valence electrons. The number of aromatic carboxylic acids is 1. The monoisotopic (exact) mass is 341 g/mol. The summed E-state index contributed by atoms with van der Waals surface area (Å²) in [5, 5.41) is 9.07. The second kappa shape index (κ2) is 6.88. The Morgan fingerprint density at radius 3 is 2.26 bits per heavy atom. The highest BCUT2D eigenvalue weighted by Gasteiger charge is 2.40. The van der Waals surface area contributed by atoms with Gasteiger partial charge in [0.15, 0.2) is 5.69 Å². The maximum atomic E-state index is 12.9. The van der Waals surface area contributed by atoms with Crippen LogP contribution in [-0.2, 0) is 17.3 Å². The van der Waals surface area contributed by atoms with Crippen molar-refractivity contribution in [2.75, 3.05) is 0 Å². The summed E-state index contributed by atoms with van der Waals surface area (Å²) in [6, 6.07) is 0. The third-order valence-corrected chi connectivity index (χ3v) is 2.70. The lowest BCUT2D eigenvalue weighted by atomic mass is 9.93. The first kappa shape index (κ1) is 18.8. The van der Waals surface area contributed by atoms with E-state index >= 15 is 0 Å². The minimum absolute atomic E-state index is 0.263. The van der Waals surface area contributed by atoms with Gasteiger partial charge in [0.1, 0.15) is 0 Å². The average Bonchev–Trinajstić information content (AvgIpc) is 2.34. The molecule has 5 nitrogen and oxygen atoms in total. The molecule has 0 atom stereocenters. The quantitative estimate of drug-likeness (QED) is 0.656. The molecule has 0 radical (unpaired) electrons. The van der Waals surface area contributed by atoms with Gasteiger partial charge in [-0.15, -0.1) is 0 Å². The SMILES string of the molecule is CC(C)Cc1c(C(=O)OC(F)F)cnc(C(F)(F)F)c1C(=O)O. The molecule has 0 spiro atoms. The topological polar surface area (TPSA) is 76.5 Å². The third-order valence-electron chi connectivity index (χ3n) is 2.70. The van der Waals surface area contributed by atoms with E-state index in [0.717, 1.165) is 0 Å². The van der Waals surface area contributed by atoms with Crippen LogP contribution in [0, 0.1) is 5.92 Å². The van der Waals surface area contributed by atoms with E-state index in [4.69, 9.17) is 5.11 Å². The summed E-state index contributed by atoms with van der Waals surface area (Å²) < 4.78 is 66.6. The van der Waals surface area contributed by atoms with Crippen LogP contribution in [0.4, 0.5) is 22.0 Å². The van der Waals surface area contributed by atoms with Gasteiger partial charge in [-0.2, -0.15) is 22.0 Å². The minimum atomic E-state index is -5.08. The van der Waals surface area contributed by atoms with Gasteiger partial charge in [-0.25, -0.2) is 9.59 Å². The molecule has 0 amide bonds. The van der Waals surface area contributed by atoms with Crippen molar-refractivity contribution in [1.29, 1.82) is 0 Å². The molecular weight excluding hydrogens is 329 g/mol. The van der Waals surface area contributed by atoms with Crippen LogP contribution in [0.3, 0.4) is 0 Å². The molecule has 1 N–H and O–H groups in total. The molecule has 0 aliphatic heterocycles. The van der Waals surface area contributed by atoms with E-state index in [0.29, 0.717) is 6.20 Å². The molecule has 0 saturated heterocycles. The molecule has 0 aliphatic carbocycles. The van der Waals surface area contributed by atoms with Crippen LogP contribution in [0.15, 0.2) is 6.20 Å². The Kier molecular flexibility index (Phi) is 5.62. The lowest BCUT2D eigenvalue weighted by Gasteiger charge is -2.17. The average molecular weight is 341 g/mol. The zero-order valence-electron chi connectivity index (χ0n) is 11.9. The maximum absolute atomic E-state index is 12.9. The number of alkyl halides is 5. The summed E-state index contributed by atoms with van der Waals surface area (Å²) in [5.41, 5.74) is -4.21. The summed E-state index contributed by atoms with van der Waals surface area (Å²) in [5.74, 6) is -3.96. The second-order valence-electron chi connectivity index (χ2n) is 4.94. The number of hydrogen-bond acceptors (Lipinski definition) is 4. The van der Waals surface area contributed by atoms with Crippen LogP contribution in [0.5, 0.6) is 0 Å². The van der Waals surface area contributed by atoms with Gasteiger partial charge in [-0.3, -0.25) is 4.98 Å². The largest absolute Gasteiger partial charge is 0.478 e. The van der Waals surface area contributed by atoms with Crippen molar-refractivity contribution in [1.82, 2.24) is 4.98 Å². The first-order chi connectivity index (χ1) is 10.4. The van der Waals surface area contributed by atoms with E-state index in [2.05, 4.69) is 9.72 Å². The van der Waals surface area contributed by atoms with E-state index in [1.165, 1.54) is 0 Å².